The van der Waals surface area contributed by atoms with Gasteiger partial charge < -0.3 is 4.57 Å². The molecule has 2 aliphatic heterocycles. The summed E-state index contributed by atoms with van der Waals surface area (Å²) >= 11 is 0. The molecule has 2 atom stereocenters. The Labute approximate surface area is 159 Å². The number of piperidine rings is 1. The highest BCUT2D eigenvalue weighted by atomic mass is 16.1. The molecular weight excluding hydrogens is 334 g/mol. The van der Waals surface area contributed by atoms with Crippen LogP contribution in [0.4, 0.5) is 0 Å². The fraction of sp³-hybridized carbons (Fsp3) is 0.304. The highest BCUT2D eigenvalue weighted by Crippen LogP contribution is 2.40. The first-order valence-electron chi connectivity index (χ1n) is 9.68. The van der Waals surface area contributed by atoms with Gasteiger partial charge in [0.2, 0.25) is 0 Å². The molecule has 4 heterocycles. The topological polar surface area (TPSA) is 38.1 Å². The van der Waals surface area contributed by atoms with E-state index in [0.717, 1.165) is 37.3 Å². The molecule has 4 heteroatoms. The number of rotatable bonds is 3. The molecule has 0 unspecified atom stereocenters. The number of hydrogen-bond acceptors (Lipinski definition) is 3. The fourth-order valence-corrected chi connectivity index (χ4v) is 4.85. The minimum Gasteiger partial charge on any atom is -0.311 e. The third-order valence-corrected chi connectivity index (χ3v) is 5.89. The summed E-state index contributed by atoms with van der Waals surface area (Å²) < 4.78 is 2.03. The normalized spacial score (nSPS) is 21.6. The maximum atomic E-state index is 12.6. The molecular formula is C23H23N3O. The molecule has 27 heavy (non-hydrogen) atoms. The number of hydrogen-bond donors (Lipinski definition) is 0. The Morgan fingerprint density at radius 2 is 1.85 bits per heavy atom. The Morgan fingerprint density at radius 1 is 0.963 bits per heavy atom. The van der Waals surface area contributed by atoms with Crippen LogP contribution in [0.25, 0.3) is 11.1 Å². The molecule has 0 aliphatic carbocycles. The highest BCUT2D eigenvalue weighted by molar-refractivity contribution is 5.66. The zero-order valence-electron chi connectivity index (χ0n) is 15.3. The second kappa shape index (κ2) is 6.78. The van der Waals surface area contributed by atoms with Crippen molar-refractivity contribution in [3.8, 4) is 11.1 Å². The zero-order valence-corrected chi connectivity index (χ0v) is 15.3. The van der Waals surface area contributed by atoms with Crippen LogP contribution in [0, 0.1) is 5.92 Å². The first-order chi connectivity index (χ1) is 13.3. The van der Waals surface area contributed by atoms with Gasteiger partial charge in [-0.05, 0) is 30.0 Å². The lowest BCUT2D eigenvalue weighted by atomic mass is 9.80. The van der Waals surface area contributed by atoms with Crippen LogP contribution in [-0.4, -0.2) is 27.5 Å². The van der Waals surface area contributed by atoms with Gasteiger partial charge in [0.05, 0.1) is 0 Å². The summed E-state index contributed by atoms with van der Waals surface area (Å²) in [5.41, 5.74) is 4.94. The van der Waals surface area contributed by atoms with Crippen molar-refractivity contribution >= 4 is 0 Å². The van der Waals surface area contributed by atoms with E-state index in [4.69, 9.17) is 0 Å². The van der Waals surface area contributed by atoms with Gasteiger partial charge in [0.1, 0.15) is 0 Å². The summed E-state index contributed by atoms with van der Waals surface area (Å²) in [5.74, 6) is 0.937. The van der Waals surface area contributed by atoms with Gasteiger partial charge in [-0.25, -0.2) is 0 Å². The second-order valence-corrected chi connectivity index (χ2v) is 7.80. The van der Waals surface area contributed by atoms with Crippen LogP contribution in [0.1, 0.15) is 23.6 Å². The van der Waals surface area contributed by atoms with Crippen molar-refractivity contribution < 1.29 is 0 Å². The van der Waals surface area contributed by atoms with Crippen molar-refractivity contribution in [1.82, 2.24) is 14.5 Å². The molecule has 5 rings (SSSR count). The Morgan fingerprint density at radius 3 is 2.67 bits per heavy atom. The molecule has 0 saturated carbocycles. The van der Waals surface area contributed by atoms with E-state index in [2.05, 4.69) is 46.3 Å². The van der Waals surface area contributed by atoms with E-state index in [0.29, 0.717) is 11.8 Å². The van der Waals surface area contributed by atoms with Gasteiger partial charge in [0, 0.05) is 67.4 Å². The van der Waals surface area contributed by atoms with Crippen LogP contribution in [0.15, 0.2) is 71.8 Å². The van der Waals surface area contributed by atoms with Gasteiger partial charge in [-0.1, -0.05) is 36.4 Å². The van der Waals surface area contributed by atoms with Gasteiger partial charge in [-0.15, -0.1) is 0 Å². The predicted molar refractivity (Wildman–Crippen MR) is 107 cm³/mol. The van der Waals surface area contributed by atoms with Crippen molar-refractivity contribution in [2.75, 3.05) is 13.1 Å². The Balaban J connectivity index is 1.52. The molecule has 3 aromatic rings. The number of fused-ring (bicyclic) bond motifs is 4. The minimum absolute atomic E-state index is 0.129. The smallest absolute Gasteiger partial charge is 0.250 e. The molecule has 2 aliphatic rings. The molecule has 1 saturated heterocycles. The standard InChI is InChI=1S/C23H23N3O/c27-22-9-8-21(19-7-4-10-24-12-19)23-20-11-18(15-26(22)23)14-25(16-20)13-17-5-2-1-3-6-17/h1-10,12,18,20H,11,13-16H2/t18-,20-/m1/s1. The van der Waals surface area contributed by atoms with Gasteiger partial charge in [-0.2, -0.15) is 0 Å². The number of pyridine rings is 2. The van der Waals surface area contributed by atoms with Crippen molar-refractivity contribution in [3.05, 3.63) is 88.6 Å². The summed E-state index contributed by atoms with van der Waals surface area (Å²) in [6, 6.07) is 18.4. The van der Waals surface area contributed by atoms with Crippen molar-refractivity contribution in [2.24, 2.45) is 5.92 Å². The van der Waals surface area contributed by atoms with Gasteiger partial charge in [0.15, 0.2) is 0 Å². The molecule has 0 amide bonds. The van der Waals surface area contributed by atoms with Crippen LogP contribution in [0.3, 0.4) is 0 Å². The lowest BCUT2D eigenvalue weighted by Crippen LogP contribution is -2.47. The Bertz CT molecular complexity index is 997. The van der Waals surface area contributed by atoms with Gasteiger partial charge >= 0.3 is 0 Å². The van der Waals surface area contributed by atoms with E-state index in [1.54, 1.807) is 12.3 Å². The summed E-state index contributed by atoms with van der Waals surface area (Å²) in [7, 11) is 0. The lowest BCUT2D eigenvalue weighted by molar-refractivity contribution is 0.115. The third-order valence-electron chi connectivity index (χ3n) is 5.89. The molecule has 2 aromatic heterocycles. The van der Waals surface area contributed by atoms with Crippen LogP contribution < -0.4 is 5.56 Å². The first-order valence-corrected chi connectivity index (χ1v) is 9.68. The second-order valence-electron chi connectivity index (χ2n) is 7.80. The summed E-state index contributed by atoms with van der Waals surface area (Å²) in [5, 5.41) is 0. The number of aromatic nitrogens is 2. The van der Waals surface area contributed by atoms with Crippen molar-refractivity contribution in [1.29, 1.82) is 0 Å². The summed E-state index contributed by atoms with van der Waals surface area (Å²) in [6.07, 6.45) is 4.86. The van der Waals surface area contributed by atoms with Crippen LogP contribution >= 0.6 is 0 Å². The van der Waals surface area contributed by atoms with E-state index >= 15 is 0 Å². The fourth-order valence-electron chi connectivity index (χ4n) is 4.85. The van der Waals surface area contributed by atoms with Gasteiger partial charge in [-0.3, -0.25) is 14.7 Å². The van der Waals surface area contributed by atoms with E-state index in [1.807, 2.05) is 22.9 Å². The van der Waals surface area contributed by atoms with E-state index in [9.17, 15) is 4.79 Å². The largest absolute Gasteiger partial charge is 0.311 e. The molecule has 0 spiro atoms. The monoisotopic (exact) mass is 357 g/mol. The van der Waals surface area contributed by atoms with Crippen LogP contribution in [0.2, 0.25) is 0 Å². The predicted octanol–water partition coefficient (Wildman–Crippen LogP) is 3.53. The minimum atomic E-state index is 0.129. The Kier molecular flexibility index (Phi) is 4.13. The van der Waals surface area contributed by atoms with E-state index in [1.165, 1.54) is 17.7 Å². The Hall–Kier alpha value is -2.72. The molecule has 136 valence electrons. The molecule has 4 nitrogen and oxygen atoms in total. The van der Waals surface area contributed by atoms with Crippen LogP contribution in [0.5, 0.6) is 0 Å². The number of likely N-dealkylation sites (tertiary alicyclic amines) is 1. The van der Waals surface area contributed by atoms with Gasteiger partial charge in [0.25, 0.3) is 5.56 Å². The molecule has 0 radical (unpaired) electrons. The summed E-state index contributed by atoms with van der Waals surface area (Å²) in [6.45, 7) is 3.87. The zero-order chi connectivity index (χ0) is 18.2. The molecule has 1 fully saturated rings. The lowest BCUT2D eigenvalue weighted by Gasteiger charge is -2.43. The highest BCUT2D eigenvalue weighted by Gasteiger charge is 2.36. The number of nitrogens with zero attached hydrogens (tertiary/aromatic N) is 3. The molecule has 0 N–H and O–H groups in total. The molecule has 2 bridgehead atoms. The van der Waals surface area contributed by atoms with E-state index in [-0.39, 0.29) is 5.56 Å². The third kappa shape index (κ3) is 3.10. The van der Waals surface area contributed by atoms with Crippen LogP contribution in [-0.2, 0) is 13.1 Å². The van der Waals surface area contributed by atoms with E-state index < -0.39 is 0 Å². The quantitative estimate of drug-likeness (QED) is 0.720. The maximum Gasteiger partial charge on any atom is 0.250 e. The molecule has 1 aromatic carbocycles. The average molecular weight is 357 g/mol. The SMILES string of the molecule is O=c1ccc(-c2cccnc2)c2n1C[C@@H]1C[C@@H]2CN(Cc2ccccc2)C1. The first kappa shape index (κ1) is 16.5. The van der Waals surface area contributed by atoms with Crippen molar-refractivity contribution in [3.63, 3.8) is 0 Å². The average Bonchev–Trinajstić information content (AvgIpc) is 2.70. The maximum absolute atomic E-state index is 12.6. The van der Waals surface area contributed by atoms with Crippen molar-refractivity contribution in [2.45, 2.75) is 25.4 Å². The number of benzene rings is 1. The summed E-state index contributed by atoms with van der Waals surface area (Å²) in [4.78, 5) is 19.4.